The minimum atomic E-state index is -6.32. The summed E-state index contributed by atoms with van der Waals surface area (Å²) in [6.07, 6.45) is -10.0. The molecule has 0 aromatic carbocycles. The molecule has 1 fully saturated rings. The highest BCUT2D eigenvalue weighted by molar-refractivity contribution is 7.87. The Kier molecular flexibility index (Phi) is 12.6. The molecule has 23 heteroatoms. The number of carbonyl (C=O) groups excluding carboxylic acids is 4. The number of rotatable bonds is 7. The van der Waals surface area contributed by atoms with E-state index in [2.05, 4.69) is 8.92 Å². The normalized spacial score (nSPS) is 23.9. The molecule has 0 saturated carbocycles. The van der Waals surface area contributed by atoms with Crippen molar-refractivity contribution in [2.45, 2.75) is 69.4 Å². The van der Waals surface area contributed by atoms with Crippen LogP contribution in [0, 0.1) is 0 Å². The molecule has 228 valence electrons. The van der Waals surface area contributed by atoms with E-state index in [1.807, 2.05) is 0 Å². The minimum absolute atomic E-state index is 0.693. The predicted molar refractivity (Wildman–Crippen MR) is 106 cm³/mol. The lowest BCUT2D eigenvalue weighted by Crippen LogP contribution is -2.63. The highest BCUT2D eigenvalue weighted by atomic mass is 32.2. The van der Waals surface area contributed by atoms with Crippen molar-refractivity contribution in [1.82, 2.24) is 0 Å². The summed E-state index contributed by atoms with van der Waals surface area (Å²) in [5.74, 6) is -4.16. The number of alkyl halides is 6. The van der Waals surface area contributed by atoms with Crippen molar-refractivity contribution in [2.24, 2.45) is 0 Å². The summed E-state index contributed by atoms with van der Waals surface area (Å²) in [6, 6.07) is 0. The van der Waals surface area contributed by atoms with E-state index < -0.39 is 92.4 Å². The fourth-order valence-corrected chi connectivity index (χ4v) is 3.04. The lowest BCUT2D eigenvalue weighted by Gasteiger charge is -2.43. The maximum atomic E-state index is 12.8. The van der Waals surface area contributed by atoms with Crippen molar-refractivity contribution >= 4 is 44.1 Å². The van der Waals surface area contributed by atoms with E-state index in [1.54, 1.807) is 0 Å². The van der Waals surface area contributed by atoms with Gasteiger partial charge in [0, 0.05) is 27.7 Å². The molecule has 1 N–H and O–H groups in total. The standard InChI is InChI=1S/C15H19F3O12S.CHF3O3S/c1-6(19)25-5-10-11(26-7(2)20)12(27-8(3)21)13(14(29-10)28-9(4)22)30-31(23,24)15(16,17)18;2-1(3,4)8(5,6)7/h10-14H,5H2,1-4H3;(H,5,6,7)/t10-,11-,12+,13+,14-;/m1./s1. The van der Waals surface area contributed by atoms with E-state index in [1.165, 1.54) is 0 Å². The van der Waals surface area contributed by atoms with Crippen LogP contribution < -0.4 is 0 Å². The van der Waals surface area contributed by atoms with E-state index in [-0.39, 0.29) is 0 Å². The van der Waals surface area contributed by atoms with Crippen molar-refractivity contribution in [2.75, 3.05) is 6.61 Å². The zero-order valence-corrected chi connectivity index (χ0v) is 21.5. The van der Waals surface area contributed by atoms with Gasteiger partial charge in [0.15, 0.2) is 18.3 Å². The summed E-state index contributed by atoms with van der Waals surface area (Å²) in [4.78, 5) is 45.5. The maximum Gasteiger partial charge on any atom is 0.523 e. The molecular weight excluding hydrogens is 610 g/mol. The second-order valence-electron chi connectivity index (χ2n) is 6.98. The van der Waals surface area contributed by atoms with Crippen LogP contribution in [0.2, 0.25) is 0 Å². The summed E-state index contributed by atoms with van der Waals surface area (Å²) in [5, 5.41) is 0. The van der Waals surface area contributed by atoms with Gasteiger partial charge in [-0.1, -0.05) is 0 Å². The van der Waals surface area contributed by atoms with E-state index in [9.17, 15) is 53.9 Å². The van der Waals surface area contributed by atoms with Crippen LogP contribution in [-0.4, -0.2) is 93.6 Å². The van der Waals surface area contributed by atoms with Gasteiger partial charge in [0.25, 0.3) is 0 Å². The second kappa shape index (κ2) is 13.5. The van der Waals surface area contributed by atoms with Crippen molar-refractivity contribution in [3.05, 3.63) is 0 Å². The monoisotopic (exact) mass is 630 g/mol. The minimum Gasteiger partial charge on any atom is -0.463 e. The molecule has 0 bridgehead atoms. The smallest absolute Gasteiger partial charge is 0.463 e. The van der Waals surface area contributed by atoms with Gasteiger partial charge in [0.1, 0.15) is 12.7 Å². The molecule has 1 saturated heterocycles. The Morgan fingerprint density at radius 2 is 1.13 bits per heavy atom. The Bertz CT molecular complexity index is 1120. The largest absolute Gasteiger partial charge is 0.523 e. The van der Waals surface area contributed by atoms with Crippen molar-refractivity contribution in [3.63, 3.8) is 0 Å². The second-order valence-corrected chi connectivity index (χ2v) is 9.96. The van der Waals surface area contributed by atoms with Gasteiger partial charge in [-0.2, -0.15) is 43.2 Å². The average molecular weight is 630 g/mol. The predicted octanol–water partition coefficient (Wildman–Crippen LogP) is 0.330. The number of hydrogen-bond acceptors (Lipinski definition) is 14. The molecular formula is C16H20F6O15S2. The van der Waals surface area contributed by atoms with Crippen molar-refractivity contribution in [1.29, 1.82) is 0 Å². The SMILES string of the molecule is CC(=O)OC[C@H]1O[C@@H](OC(C)=O)[C@@H](OS(=O)(=O)C(F)(F)F)[C@@H](OC(C)=O)[C@@H]1OC(C)=O.O=S(=O)(O)C(F)(F)F. The van der Waals surface area contributed by atoms with E-state index in [0.717, 1.165) is 27.7 Å². The van der Waals surface area contributed by atoms with E-state index >= 15 is 0 Å². The summed E-state index contributed by atoms with van der Waals surface area (Å²) in [7, 11) is -12.2. The molecule has 1 aliphatic heterocycles. The molecule has 1 rings (SSSR count). The molecule has 0 spiro atoms. The molecule has 0 unspecified atom stereocenters. The molecule has 0 aliphatic carbocycles. The zero-order chi connectivity index (χ0) is 31.1. The van der Waals surface area contributed by atoms with Crippen LogP contribution in [0.15, 0.2) is 0 Å². The lowest BCUT2D eigenvalue weighted by molar-refractivity contribution is -0.292. The molecule has 1 aliphatic rings. The van der Waals surface area contributed by atoms with Crippen LogP contribution in [-0.2, 0) is 67.3 Å². The van der Waals surface area contributed by atoms with Gasteiger partial charge < -0.3 is 23.7 Å². The van der Waals surface area contributed by atoms with E-state index in [0.29, 0.717) is 0 Å². The van der Waals surface area contributed by atoms with Gasteiger partial charge in [0.2, 0.25) is 6.29 Å². The molecule has 0 amide bonds. The van der Waals surface area contributed by atoms with Crippen LogP contribution >= 0.6 is 0 Å². The lowest BCUT2D eigenvalue weighted by atomic mass is 9.98. The first-order valence-corrected chi connectivity index (χ1v) is 12.5. The Labute approximate surface area is 215 Å². The Hall–Kier alpha value is -2.76. The van der Waals surface area contributed by atoms with Crippen molar-refractivity contribution in [3.8, 4) is 0 Å². The first-order valence-electron chi connectivity index (χ1n) is 9.64. The maximum absolute atomic E-state index is 12.8. The number of halogens is 6. The number of esters is 4. The summed E-state index contributed by atoms with van der Waals surface area (Å²) >= 11 is 0. The highest BCUT2D eigenvalue weighted by Crippen LogP contribution is 2.34. The molecule has 15 nitrogen and oxygen atoms in total. The molecule has 1 heterocycles. The van der Waals surface area contributed by atoms with Crippen molar-refractivity contribution < 1.29 is 94.8 Å². The summed E-state index contributed by atoms with van der Waals surface area (Å²) in [6.45, 7) is 2.82. The fraction of sp³-hybridized carbons (Fsp3) is 0.750. The van der Waals surface area contributed by atoms with Gasteiger partial charge in [-0.15, -0.1) is 0 Å². The van der Waals surface area contributed by atoms with Crippen LogP contribution in [0.3, 0.4) is 0 Å². The van der Waals surface area contributed by atoms with Gasteiger partial charge in [-0.3, -0.25) is 23.7 Å². The number of ether oxygens (including phenoxy) is 5. The van der Waals surface area contributed by atoms with Gasteiger partial charge >= 0.3 is 55.1 Å². The highest BCUT2D eigenvalue weighted by Gasteiger charge is 2.58. The fourth-order valence-electron chi connectivity index (χ4n) is 2.43. The van der Waals surface area contributed by atoms with Crippen LogP contribution in [0.5, 0.6) is 0 Å². The number of hydrogen-bond donors (Lipinski definition) is 1. The molecule has 0 aromatic heterocycles. The third-order valence-electron chi connectivity index (χ3n) is 3.74. The molecule has 0 aromatic rings. The zero-order valence-electron chi connectivity index (χ0n) is 19.8. The summed E-state index contributed by atoms with van der Waals surface area (Å²) in [5.41, 5.74) is -11.4. The quantitative estimate of drug-likeness (QED) is 0.100. The van der Waals surface area contributed by atoms with Crippen LogP contribution in [0.4, 0.5) is 26.3 Å². The van der Waals surface area contributed by atoms with Gasteiger partial charge in [0.05, 0.1) is 0 Å². The first-order chi connectivity index (χ1) is 17.3. The topological polar surface area (TPSA) is 212 Å². The van der Waals surface area contributed by atoms with E-state index in [4.69, 9.17) is 31.9 Å². The molecule has 0 radical (unpaired) electrons. The Balaban J connectivity index is 0.00000156. The Morgan fingerprint density at radius 1 is 0.718 bits per heavy atom. The van der Waals surface area contributed by atoms with Crippen LogP contribution in [0.1, 0.15) is 27.7 Å². The Morgan fingerprint density at radius 3 is 1.46 bits per heavy atom. The third kappa shape index (κ3) is 11.9. The van der Waals surface area contributed by atoms with Gasteiger partial charge in [-0.05, 0) is 0 Å². The summed E-state index contributed by atoms with van der Waals surface area (Å²) < 4.78 is 148. The number of carbonyl (C=O) groups is 4. The van der Waals surface area contributed by atoms with Gasteiger partial charge in [-0.25, -0.2) is 4.18 Å². The average Bonchev–Trinajstić information content (AvgIpc) is 2.68. The third-order valence-corrected chi connectivity index (χ3v) is 5.37. The molecule has 39 heavy (non-hydrogen) atoms. The van der Waals surface area contributed by atoms with Crippen LogP contribution in [0.25, 0.3) is 0 Å². The first kappa shape index (κ1) is 36.2. The molecule has 5 atom stereocenters.